The van der Waals surface area contributed by atoms with Crippen molar-refractivity contribution in [2.24, 2.45) is 0 Å². The van der Waals surface area contributed by atoms with Crippen LogP contribution >= 0.6 is 7.60 Å². The van der Waals surface area contributed by atoms with Gasteiger partial charge in [-0.25, -0.2) is 0 Å². The predicted molar refractivity (Wildman–Crippen MR) is 147 cm³/mol. The Balaban J connectivity index is 3.49. The lowest BCUT2D eigenvalue weighted by Gasteiger charge is -2.28. The summed E-state index contributed by atoms with van der Waals surface area (Å²) in [6.07, 6.45) is 21.9. The number of ether oxygens (including phenoxy) is 2. The Kier molecular flexibility index (Phi) is 23.2. The van der Waals surface area contributed by atoms with Crippen LogP contribution in [0.15, 0.2) is 0 Å². The van der Waals surface area contributed by atoms with Gasteiger partial charge in [0.25, 0.3) is 0 Å². The summed E-state index contributed by atoms with van der Waals surface area (Å²) in [6.45, 7) is 4.31. The van der Waals surface area contributed by atoms with Crippen molar-refractivity contribution in [3.8, 4) is 0 Å². The number of likely N-dealkylation sites (N-methyl/N-ethyl adjacent to an activating group) is 1. The standard InChI is InChI=1S/C28H60NO5P/c1-6-7-8-9-10-11-12-13-14-15-16-17-18-19-20-21-24-33-27-28(32-5)22-26-35(30,31)34-25-23-29(2,3)4/h28H,6-27H2,1-5H3/t28-/m0/s1. The molecule has 0 heterocycles. The quantitative estimate of drug-likeness (QED) is 0.0665. The van der Waals surface area contributed by atoms with Crippen molar-refractivity contribution in [2.45, 2.75) is 122 Å². The maximum Gasteiger partial charge on any atom is 0.135 e. The molecule has 0 N–H and O–H groups in total. The van der Waals surface area contributed by atoms with Crippen LogP contribution in [0.1, 0.15) is 116 Å². The molecular weight excluding hydrogens is 461 g/mol. The van der Waals surface area contributed by atoms with Gasteiger partial charge in [0.2, 0.25) is 0 Å². The van der Waals surface area contributed by atoms with E-state index in [-0.39, 0.29) is 18.9 Å². The summed E-state index contributed by atoms with van der Waals surface area (Å²) in [6, 6.07) is 0. The fraction of sp³-hybridized carbons (Fsp3) is 1.00. The lowest BCUT2D eigenvalue weighted by atomic mass is 10.0. The molecule has 0 aliphatic carbocycles. The highest BCUT2D eigenvalue weighted by atomic mass is 31.2. The zero-order valence-electron chi connectivity index (χ0n) is 24.1. The summed E-state index contributed by atoms with van der Waals surface area (Å²) >= 11 is 0. The third-order valence-corrected chi connectivity index (χ3v) is 7.94. The molecule has 0 saturated heterocycles. The summed E-state index contributed by atoms with van der Waals surface area (Å²) in [5.41, 5.74) is 0. The molecule has 0 aliphatic heterocycles. The summed E-state index contributed by atoms with van der Waals surface area (Å²) in [7, 11) is 3.82. The Morgan fingerprint density at radius 2 is 1.20 bits per heavy atom. The van der Waals surface area contributed by atoms with Crippen LogP contribution in [0.3, 0.4) is 0 Å². The Morgan fingerprint density at radius 3 is 1.63 bits per heavy atom. The normalized spacial score (nSPS) is 14.8. The van der Waals surface area contributed by atoms with E-state index in [0.717, 1.165) is 6.42 Å². The van der Waals surface area contributed by atoms with E-state index >= 15 is 0 Å². The monoisotopic (exact) mass is 521 g/mol. The topological polar surface area (TPSA) is 67.8 Å². The van der Waals surface area contributed by atoms with E-state index in [9.17, 15) is 9.46 Å². The van der Waals surface area contributed by atoms with E-state index in [1.165, 1.54) is 96.3 Å². The Morgan fingerprint density at radius 1 is 0.743 bits per heavy atom. The summed E-state index contributed by atoms with van der Waals surface area (Å²) in [5, 5.41) is 0. The van der Waals surface area contributed by atoms with Crippen LogP contribution in [0.5, 0.6) is 0 Å². The van der Waals surface area contributed by atoms with Crippen LogP contribution < -0.4 is 4.89 Å². The number of quaternary nitrogens is 1. The average molecular weight is 522 g/mol. The van der Waals surface area contributed by atoms with Crippen molar-refractivity contribution >= 4 is 7.60 Å². The Labute approximate surface area is 218 Å². The fourth-order valence-corrected chi connectivity index (χ4v) is 5.15. The lowest BCUT2D eigenvalue weighted by Crippen LogP contribution is -2.37. The number of hydrogen-bond donors (Lipinski definition) is 0. The van der Waals surface area contributed by atoms with Gasteiger partial charge >= 0.3 is 0 Å². The molecule has 0 radical (unpaired) electrons. The molecule has 35 heavy (non-hydrogen) atoms. The van der Waals surface area contributed by atoms with Gasteiger partial charge in [-0.1, -0.05) is 103 Å². The molecule has 6 nitrogen and oxygen atoms in total. The van der Waals surface area contributed by atoms with Crippen molar-refractivity contribution in [1.29, 1.82) is 0 Å². The molecule has 0 saturated carbocycles. The number of methoxy groups -OCH3 is 1. The van der Waals surface area contributed by atoms with Crippen LogP contribution in [0, 0.1) is 0 Å². The molecule has 0 amide bonds. The SMILES string of the molecule is CCCCCCCCCCCCCCCCCCOC[C@H](CCP(=O)([O-])OCC[N+](C)(C)C)OC. The molecular formula is C28H60NO5P. The molecule has 0 fully saturated rings. The largest absolute Gasteiger partial charge is 0.778 e. The van der Waals surface area contributed by atoms with Crippen LogP contribution in [0.25, 0.3) is 0 Å². The minimum absolute atomic E-state index is 0.00887. The smallest absolute Gasteiger partial charge is 0.135 e. The minimum atomic E-state index is -3.82. The fourth-order valence-electron chi connectivity index (χ4n) is 4.06. The number of nitrogens with zero attached hydrogens (tertiary/aromatic N) is 1. The van der Waals surface area contributed by atoms with Gasteiger partial charge in [0.05, 0.1) is 33.9 Å². The molecule has 0 aliphatic rings. The van der Waals surface area contributed by atoms with Crippen molar-refractivity contribution in [3.05, 3.63) is 0 Å². The highest BCUT2D eigenvalue weighted by Crippen LogP contribution is 2.38. The summed E-state index contributed by atoms with van der Waals surface area (Å²) in [5.74, 6) is 0. The first-order valence-electron chi connectivity index (χ1n) is 14.6. The second-order valence-corrected chi connectivity index (χ2v) is 13.1. The second kappa shape index (κ2) is 23.2. The molecule has 0 aromatic carbocycles. The van der Waals surface area contributed by atoms with E-state index < -0.39 is 7.60 Å². The molecule has 0 aromatic heterocycles. The van der Waals surface area contributed by atoms with Crippen molar-refractivity contribution < 1.29 is 27.9 Å². The van der Waals surface area contributed by atoms with Crippen LogP contribution in [-0.4, -0.2) is 71.4 Å². The maximum atomic E-state index is 12.1. The van der Waals surface area contributed by atoms with Gasteiger partial charge in [0.15, 0.2) is 0 Å². The molecule has 0 bridgehead atoms. The third kappa shape index (κ3) is 26.9. The molecule has 2 atom stereocenters. The van der Waals surface area contributed by atoms with E-state index in [0.29, 0.717) is 30.7 Å². The van der Waals surface area contributed by atoms with Crippen molar-refractivity contribution in [3.63, 3.8) is 0 Å². The van der Waals surface area contributed by atoms with E-state index in [1.807, 2.05) is 21.1 Å². The molecule has 7 heteroatoms. The zero-order chi connectivity index (χ0) is 26.3. The molecule has 0 aromatic rings. The average Bonchev–Trinajstić information content (AvgIpc) is 2.79. The van der Waals surface area contributed by atoms with Crippen molar-refractivity contribution in [2.75, 3.05) is 60.8 Å². The van der Waals surface area contributed by atoms with E-state index in [2.05, 4.69) is 6.92 Å². The van der Waals surface area contributed by atoms with E-state index in [1.54, 1.807) is 7.11 Å². The minimum Gasteiger partial charge on any atom is -0.778 e. The second-order valence-electron chi connectivity index (χ2n) is 11.2. The van der Waals surface area contributed by atoms with Gasteiger partial charge in [0, 0.05) is 19.9 Å². The van der Waals surface area contributed by atoms with Crippen molar-refractivity contribution in [1.82, 2.24) is 0 Å². The van der Waals surface area contributed by atoms with Crippen LogP contribution in [0.2, 0.25) is 0 Å². The first-order valence-corrected chi connectivity index (χ1v) is 16.3. The predicted octanol–water partition coefficient (Wildman–Crippen LogP) is 6.95. The Bertz CT molecular complexity index is 498. The van der Waals surface area contributed by atoms with Gasteiger partial charge in [-0.15, -0.1) is 0 Å². The number of rotatable bonds is 27. The van der Waals surface area contributed by atoms with Crippen LogP contribution in [-0.2, 0) is 18.6 Å². The van der Waals surface area contributed by atoms with Gasteiger partial charge in [-0.2, -0.15) is 0 Å². The maximum absolute atomic E-state index is 12.1. The van der Waals surface area contributed by atoms with Gasteiger partial charge in [-0.05, 0) is 12.8 Å². The highest BCUT2D eigenvalue weighted by molar-refractivity contribution is 7.51. The Hall–Kier alpha value is 0.0300. The van der Waals surface area contributed by atoms with Crippen LogP contribution in [0.4, 0.5) is 0 Å². The third-order valence-electron chi connectivity index (χ3n) is 6.55. The zero-order valence-corrected chi connectivity index (χ0v) is 25.0. The van der Waals surface area contributed by atoms with Gasteiger partial charge < -0.3 is 27.9 Å². The molecule has 0 spiro atoms. The highest BCUT2D eigenvalue weighted by Gasteiger charge is 2.16. The summed E-state index contributed by atoms with van der Waals surface area (Å²) in [4.78, 5) is 12.1. The first kappa shape index (κ1) is 35.0. The van der Waals surface area contributed by atoms with E-state index in [4.69, 9.17) is 14.0 Å². The molecule has 0 rings (SSSR count). The van der Waals surface area contributed by atoms with Gasteiger partial charge in [-0.3, -0.25) is 0 Å². The number of unbranched alkanes of at least 4 members (excludes halogenated alkanes) is 15. The first-order chi connectivity index (χ1) is 16.7. The molecule has 1 unspecified atom stereocenters. The lowest BCUT2D eigenvalue weighted by molar-refractivity contribution is -0.870. The summed E-state index contributed by atoms with van der Waals surface area (Å²) < 4.78 is 29.0. The number of hydrogen-bond acceptors (Lipinski definition) is 5. The van der Waals surface area contributed by atoms with Gasteiger partial charge in [0.1, 0.15) is 20.7 Å². The molecule has 212 valence electrons.